The largest absolute Gasteiger partial charge is 0.294 e. The summed E-state index contributed by atoms with van der Waals surface area (Å²) in [5.41, 5.74) is -1.36. The number of imide groups is 2. The Hall–Kier alpha value is -1.72. The van der Waals surface area contributed by atoms with Crippen LogP contribution in [0.4, 0.5) is 0 Å². The number of piperidine rings is 2. The lowest BCUT2D eigenvalue weighted by Gasteiger charge is -2.47. The number of nitrogens with zero attached hydrogens (tertiary/aromatic N) is 1. The van der Waals surface area contributed by atoms with Crippen LogP contribution in [0.25, 0.3) is 0 Å². The second-order valence-corrected chi connectivity index (χ2v) is 6.95. The van der Waals surface area contributed by atoms with Crippen LogP contribution in [0.15, 0.2) is 0 Å². The summed E-state index contributed by atoms with van der Waals surface area (Å²) in [7, 11) is 0. The quantitative estimate of drug-likeness (QED) is 0.779. The Morgan fingerprint density at radius 3 is 2.09 bits per heavy atom. The standard InChI is InChI=1S/C16H22N2O4/c1-2-16(8-5-11(19)17-14(16)22)18-12(20)9-15(10-13(18)21)6-3-4-7-15/h2-10H2,1H3,(H,17,19,22). The zero-order valence-corrected chi connectivity index (χ0v) is 12.9. The molecule has 1 N–H and O–H groups in total. The van der Waals surface area contributed by atoms with Crippen molar-refractivity contribution < 1.29 is 19.2 Å². The number of rotatable bonds is 2. The highest BCUT2D eigenvalue weighted by molar-refractivity contribution is 6.09. The van der Waals surface area contributed by atoms with E-state index in [1.807, 2.05) is 0 Å². The maximum Gasteiger partial charge on any atom is 0.253 e. The van der Waals surface area contributed by atoms with Crippen LogP contribution in [0.2, 0.25) is 0 Å². The molecule has 120 valence electrons. The van der Waals surface area contributed by atoms with E-state index in [1.165, 1.54) is 4.90 Å². The first-order valence-electron chi connectivity index (χ1n) is 8.13. The van der Waals surface area contributed by atoms with E-state index in [1.54, 1.807) is 6.92 Å². The maximum absolute atomic E-state index is 12.7. The van der Waals surface area contributed by atoms with Crippen molar-refractivity contribution >= 4 is 23.6 Å². The van der Waals surface area contributed by atoms with Gasteiger partial charge in [-0.25, -0.2) is 0 Å². The first-order valence-corrected chi connectivity index (χ1v) is 8.13. The van der Waals surface area contributed by atoms with Crippen LogP contribution in [0.1, 0.15) is 64.7 Å². The Labute approximate surface area is 129 Å². The van der Waals surface area contributed by atoms with Gasteiger partial charge in [0, 0.05) is 19.3 Å². The van der Waals surface area contributed by atoms with E-state index >= 15 is 0 Å². The maximum atomic E-state index is 12.7. The van der Waals surface area contributed by atoms with Crippen molar-refractivity contribution in [1.29, 1.82) is 0 Å². The summed E-state index contributed by atoms with van der Waals surface area (Å²) in [4.78, 5) is 50.4. The van der Waals surface area contributed by atoms with E-state index in [-0.39, 0.29) is 36.0 Å². The Kier molecular flexibility index (Phi) is 3.57. The molecule has 1 unspecified atom stereocenters. The molecule has 1 atom stereocenters. The van der Waals surface area contributed by atoms with E-state index in [4.69, 9.17) is 0 Å². The number of carbonyl (C=O) groups is 4. The van der Waals surface area contributed by atoms with Crippen LogP contribution in [0.5, 0.6) is 0 Å². The predicted octanol–water partition coefficient (Wildman–Crippen LogP) is 1.28. The van der Waals surface area contributed by atoms with E-state index in [9.17, 15) is 19.2 Å². The summed E-state index contributed by atoms with van der Waals surface area (Å²) in [6, 6.07) is 0. The fraction of sp³-hybridized carbons (Fsp3) is 0.750. The fourth-order valence-electron chi connectivity index (χ4n) is 4.41. The van der Waals surface area contributed by atoms with Gasteiger partial charge >= 0.3 is 0 Å². The zero-order valence-electron chi connectivity index (χ0n) is 12.9. The molecule has 4 amide bonds. The normalized spacial score (nSPS) is 31.8. The van der Waals surface area contributed by atoms with E-state index in [2.05, 4.69) is 5.32 Å². The van der Waals surface area contributed by atoms with Crippen molar-refractivity contribution in [3.8, 4) is 0 Å². The monoisotopic (exact) mass is 306 g/mol. The average molecular weight is 306 g/mol. The highest BCUT2D eigenvalue weighted by Crippen LogP contribution is 2.48. The van der Waals surface area contributed by atoms with Crippen LogP contribution < -0.4 is 5.32 Å². The summed E-state index contributed by atoms with van der Waals surface area (Å²) in [6.07, 6.45) is 5.41. The van der Waals surface area contributed by atoms with Gasteiger partial charge in [-0.1, -0.05) is 19.8 Å². The van der Waals surface area contributed by atoms with Crippen molar-refractivity contribution in [3.63, 3.8) is 0 Å². The lowest BCUT2D eigenvalue weighted by molar-refractivity contribution is -0.169. The molecule has 6 nitrogen and oxygen atoms in total. The number of amides is 4. The van der Waals surface area contributed by atoms with Crippen molar-refractivity contribution in [1.82, 2.24) is 10.2 Å². The lowest BCUT2D eigenvalue weighted by atomic mass is 9.73. The van der Waals surface area contributed by atoms with E-state index in [0.29, 0.717) is 19.3 Å². The SMILES string of the molecule is CCC1(N2C(=O)CC3(CCCC3)CC2=O)CCC(=O)NC1=O. The van der Waals surface area contributed by atoms with Crippen LogP contribution in [-0.2, 0) is 19.2 Å². The first kappa shape index (κ1) is 15.2. The fourth-order valence-corrected chi connectivity index (χ4v) is 4.41. The average Bonchev–Trinajstić information content (AvgIpc) is 2.88. The molecular weight excluding hydrogens is 284 g/mol. The van der Waals surface area contributed by atoms with Crippen molar-refractivity contribution in [3.05, 3.63) is 0 Å². The van der Waals surface area contributed by atoms with Crippen molar-refractivity contribution in [2.75, 3.05) is 0 Å². The Balaban J connectivity index is 1.90. The third-order valence-corrected chi connectivity index (χ3v) is 5.67. The van der Waals surface area contributed by atoms with Gasteiger partial charge in [0.2, 0.25) is 17.7 Å². The van der Waals surface area contributed by atoms with Crippen molar-refractivity contribution in [2.24, 2.45) is 5.41 Å². The van der Waals surface area contributed by atoms with Gasteiger partial charge in [-0.2, -0.15) is 0 Å². The van der Waals surface area contributed by atoms with Gasteiger partial charge in [-0.05, 0) is 31.1 Å². The van der Waals surface area contributed by atoms with Crippen LogP contribution in [0.3, 0.4) is 0 Å². The Morgan fingerprint density at radius 1 is 1.00 bits per heavy atom. The molecule has 0 aromatic rings. The second-order valence-electron chi connectivity index (χ2n) is 6.95. The molecular formula is C16H22N2O4. The third-order valence-electron chi connectivity index (χ3n) is 5.67. The third kappa shape index (κ3) is 2.16. The minimum Gasteiger partial charge on any atom is -0.294 e. The van der Waals surface area contributed by atoms with Gasteiger partial charge in [-0.15, -0.1) is 0 Å². The molecule has 1 saturated carbocycles. The summed E-state index contributed by atoms with van der Waals surface area (Å²) >= 11 is 0. The smallest absolute Gasteiger partial charge is 0.253 e. The Morgan fingerprint density at radius 2 is 1.59 bits per heavy atom. The number of hydrogen-bond acceptors (Lipinski definition) is 4. The molecule has 0 aromatic carbocycles. The van der Waals surface area contributed by atoms with Crippen LogP contribution in [0, 0.1) is 5.41 Å². The van der Waals surface area contributed by atoms with Gasteiger partial charge in [-0.3, -0.25) is 29.4 Å². The summed E-state index contributed by atoms with van der Waals surface area (Å²) in [5.74, 6) is -1.33. The number of hydrogen-bond donors (Lipinski definition) is 1. The highest BCUT2D eigenvalue weighted by Gasteiger charge is 2.55. The molecule has 2 aliphatic heterocycles. The summed E-state index contributed by atoms with van der Waals surface area (Å²) in [5, 5.41) is 2.30. The first-order chi connectivity index (χ1) is 10.4. The predicted molar refractivity (Wildman–Crippen MR) is 77.4 cm³/mol. The molecule has 0 bridgehead atoms. The molecule has 2 saturated heterocycles. The van der Waals surface area contributed by atoms with Gasteiger partial charge in [0.25, 0.3) is 5.91 Å². The molecule has 6 heteroatoms. The van der Waals surface area contributed by atoms with Gasteiger partial charge in [0.05, 0.1) is 0 Å². The van der Waals surface area contributed by atoms with E-state index < -0.39 is 11.4 Å². The molecule has 1 spiro atoms. The minimum absolute atomic E-state index is 0.168. The molecule has 3 fully saturated rings. The van der Waals surface area contributed by atoms with Crippen LogP contribution >= 0.6 is 0 Å². The summed E-state index contributed by atoms with van der Waals surface area (Å²) < 4.78 is 0. The lowest BCUT2D eigenvalue weighted by Crippen LogP contribution is -2.67. The highest BCUT2D eigenvalue weighted by atomic mass is 16.2. The number of nitrogens with one attached hydrogen (secondary N) is 1. The van der Waals surface area contributed by atoms with Gasteiger partial charge in [0.15, 0.2) is 0 Å². The molecule has 3 rings (SSSR count). The molecule has 3 aliphatic rings. The Bertz CT molecular complexity index is 530. The molecule has 1 aliphatic carbocycles. The number of likely N-dealkylation sites (tertiary alicyclic amines) is 1. The molecule has 0 radical (unpaired) electrons. The zero-order chi connectivity index (χ0) is 16.0. The summed E-state index contributed by atoms with van der Waals surface area (Å²) in [6.45, 7) is 1.79. The molecule has 22 heavy (non-hydrogen) atoms. The minimum atomic E-state index is -1.18. The van der Waals surface area contributed by atoms with Gasteiger partial charge < -0.3 is 0 Å². The number of carbonyl (C=O) groups excluding carboxylic acids is 4. The van der Waals surface area contributed by atoms with Gasteiger partial charge in [0.1, 0.15) is 5.54 Å². The molecule has 2 heterocycles. The van der Waals surface area contributed by atoms with Crippen LogP contribution in [-0.4, -0.2) is 34.1 Å². The topological polar surface area (TPSA) is 83.6 Å². The second kappa shape index (κ2) is 5.18. The van der Waals surface area contributed by atoms with E-state index in [0.717, 1.165) is 25.7 Å². The van der Waals surface area contributed by atoms with Crippen molar-refractivity contribution in [2.45, 2.75) is 70.3 Å². The molecule has 0 aromatic heterocycles.